The highest BCUT2D eigenvalue weighted by molar-refractivity contribution is 5.97. The molecule has 8 heteroatoms. The minimum atomic E-state index is -0.709. The van der Waals surface area contributed by atoms with Crippen LogP contribution in [-0.4, -0.2) is 39.0 Å². The van der Waals surface area contributed by atoms with Gasteiger partial charge in [0.1, 0.15) is 17.0 Å². The fourth-order valence-corrected chi connectivity index (χ4v) is 2.82. The van der Waals surface area contributed by atoms with Gasteiger partial charge in [-0.25, -0.2) is 4.79 Å². The van der Waals surface area contributed by atoms with Gasteiger partial charge in [-0.05, 0) is 12.5 Å². The minimum absolute atomic E-state index is 0.0121. The molecule has 0 aromatic heterocycles. The summed E-state index contributed by atoms with van der Waals surface area (Å²) in [5.74, 6) is -0.541. The molecule has 0 heterocycles. The second-order valence-corrected chi connectivity index (χ2v) is 5.88. The number of nitro benzene ring substituents is 1. The molecule has 0 N–H and O–H groups in total. The molecule has 27 heavy (non-hydrogen) atoms. The fraction of sp³-hybridized carbons (Fsp3) is 0.316. The van der Waals surface area contributed by atoms with E-state index in [1.165, 1.54) is 27.2 Å². The summed E-state index contributed by atoms with van der Waals surface area (Å²) in [6, 6.07) is 11.0. The van der Waals surface area contributed by atoms with E-state index in [1.54, 1.807) is 11.9 Å². The molecule has 0 fully saturated rings. The quantitative estimate of drug-likeness (QED) is 0.303. The third-order valence-electron chi connectivity index (χ3n) is 4.07. The van der Waals surface area contributed by atoms with E-state index in [0.717, 1.165) is 5.56 Å². The molecule has 0 aliphatic carbocycles. The lowest BCUT2D eigenvalue weighted by Gasteiger charge is -2.22. The molecule has 144 valence electrons. The van der Waals surface area contributed by atoms with E-state index in [9.17, 15) is 14.9 Å². The van der Waals surface area contributed by atoms with Crippen LogP contribution in [0.15, 0.2) is 36.4 Å². The number of hydrogen-bond acceptors (Lipinski definition) is 7. The molecule has 0 bridgehead atoms. The highest BCUT2D eigenvalue weighted by Gasteiger charge is 2.30. The SMILES string of the molecule is COCOc1cc(N(C)Cc2ccccc2)c([N+](=O)[O-])c(C)c1C(=O)OC. The Morgan fingerprint density at radius 3 is 2.44 bits per heavy atom. The normalized spacial score (nSPS) is 10.4. The van der Waals surface area contributed by atoms with Crippen molar-refractivity contribution in [3.05, 3.63) is 63.2 Å². The van der Waals surface area contributed by atoms with Crippen molar-refractivity contribution < 1.29 is 23.9 Å². The maximum atomic E-state index is 12.2. The Morgan fingerprint density at radius 1 is 1.22 bits per heavy atom. The molecule has 0 radical (unpaired) electrons. The van der Waals surface area contributed by atoms with Gasteiger partial charge in [-0.1, -0.05) is 30.3 Å². The van der Waals surface area contributed by atoms with Crippen LogP contribution >= 0.6 is 0 Å². The van der Waals surface area contributed by atoms with E-state index in [2.05, 4.69) is 0 Å². The molecule has 0 atom stereocenters. The molecule has 0 saturated heterocycles. The summed E-state index contributed by atoms with van der Waals surface area (Å²) in [5, 5.41) is 11.7. The Bertz CT molecular complexity index is 823. The number of nitrogens with zero attached hydrogens (tertiary/aromatic N) is 2. The van der Waals surface area contributed by atoms with Crippen LogP contribution in [0.1, 0.15) is 21.5 Å². The molecule has 2 aromatic carbocycles. The fourth-order valence-electron chi connectivity index (χ4n) is 2.82. The van der Waals surface area contributed by atoms with E-state index < -0.39 is 10.9 Å². The second kappa shape index (κ2) is 9.00. The average Bonchev–Trinajstić information content (AvgIpc) is 2.65. The highest BCUT2D eigenvalue weighted by Crippen LogP contribution is 2.40. The molecule has 8 nitrogen and oxygen atoms in total. The van der Waals surface area contributed by atoms with Gasteiger partial charge < -0.3 is 19.1 Å². The van der Waals surface area contributed by atoms with Gasteiger partial charge in [0.25, 0.3) is 5.69 Å². The van der Waals surface area contributed by atoms with Gasteiger partial charge >= 0.3 is 5.97 Å². The topological polar surface area (TPSA) is 91.1 Å². The first-order valence-corrected chi connectivity index (χ1v) is 8.17. The first-order valence-electron chi connectivity index (χ1n) is 8.17. The summed E-state index contributed by atoms with van der Waals surface area (Å²) in [5.41, 5.74) is 1.34. The Hall–Kier alpha value is -3.13. The highest BCUT2D eigenvalue weighted by atomic mass is 16.7. The maximum Gasteiger partial charge on any atom is 0.342 e. The Labute approximate surface area is 157 Å². The zero-order valence-electron chi connectivity index (χ0n) is 15.7. The molecule has 0 unspecified atom stereocenters. The van der Waals surface area contributed by atoms with Crippen molar-refractivity contribution in [2.45, 2.75) is 13.5 Å². The van der Waals surface area contributed by atoms with Crippen LogP contribution in [0.4, 0.5) is 11.4 Å². The molecular formula is C19H22N2O6. The number of anilines is 1. The standard InChI is InChI=1S/C19H22N2O6/c1-13-17(19(22)26-4)16(27-12-25-3)10-15(18(13)21(23)24)20(2)11-14-8-6-5-7-9-14/h5-10H,11-12H2,1-4H3. The molecule has 2 aromatic rings. The van der Waals surface area contributed by atoms with E-state index >= 15 is 0 Å². The van der Waals surface area contributed by atoms with Gasteiger partial charge in [0, 0.05) is 32.3 Å². The number of esters is 1. The average molecular weight is 374 g/mol. The van der Waals surface area contributed by atoms with E-state index in [0.29, 0.717) is 12.2 Å². The van der Waals surface area contributed by atoms with Crippen LogP contribution in [0.2, 0.25) is 0 Å². The van der Waals surface area contributed by atoms with E-state index in [1.807, 2.05) is 30.3 Å². The summed E-state index contributed by atoms with van der Waals surface area (Å²) in [7, 11) is 4.40. The molecule has 2 rings (SSSR count). The third-order valence-corrected chi connectivity index (χ3v) is 4.07. The summed E-state index contributed by atoms with van der Waals surface area (Å²) in [6.45, 7) is 1.84. The number of carbonyl (C=O) groups excluding carboxylic acids is 1. The molecule has 0 aliphatic heterocycles. The van der Waals surface area contributed by atoms with Crippen molar-refractivity contribution >= 4 is 17.3 Å². The monoisotopic (exact) mass is 374 g/mol. The number of methoxy groups -OCH3 is 2. The van der Waals surface area contributed by atoms with Gasteiger partial charge in [0.05, 0.1) is 12.0 Å². The number of rotatable bonds is 8. The van der Waals surface area contributed by atoms with Crippen molar-refractivity contribution in [3.8, 4) is 5.75 Å². The van der Waals surface area contributed by atoms with E-state index in [4.69, 9.17) is 14.2 Å². The lowest BCUT2D eigenvalue weighted by atomic mass is 10.0. The Balaban J connectivity index is 2.59. The summed E-state index contributed by atoms with van der Waals surface area (Å²) < 4.78 is 15.2. The van der Waals surface area contributed by atoms with Gasteiger partial charge in [0.15, 0.2) is 6.79 Å². The van der Waals surface area contributed by atoms with Gasteiger partial charge in [-0.15, -0.1) is 0 Å². The maximum absolute atomic E-state index is 12.2. The van der Waals surface area contributed by atoms with Crippen LogP contribution in [0.25, 0.3) is 0 Å². The largest absolute Gasteiger partial charge is 0.467 e. The van der Waals surface area contributed by atoms with Crippen LogP contribution < -0.4 is 9.64 Å². The first-order chi connectivity index (χ1) is 12.9. The molecule has 0 aliphatic rings. The molecule has 0 saturated carbocycles. The van der Waals surface area contributed by atoms with E-state index in [-0.39, 0.29) is 29.4 Å². The van der Waals surface area contributed by atoms with Gasteiger partial charge in [-0.3, -0.25) is 10.1 Å². The molecule has 0 spiro atoms. The predicted octanol–water partition coefficient (Wildman–Crippen LogP) is 3.31. The van der Waals surface area contributed by atoms with Gasteiger partial charge in [-0.2, -0.15) is 0 Å². The van der Waals surface area contributed by atoms with Crippen molar-refractivity contribution in [1.29, 1.82) is 0 Å². The molecule has 0 amide bonds. The number of benzene rings is 2. The second-order valence-electron chi connectivity index (χ2n) is 5.88. The lowest BCUT2D eigenvalue weighted by molar-refractivity contribution is -0.384. The Kier molecular flexibility index (Phi) is 6.73. The van der Waals surface area contributed by atoms with Crippen LogP contribution in [-0.2, 0) is 16.0 Å². The van der Waals surface area contributed by atoms with Crippen LogP contribution in [0, 0.1) is 17.0 Å². The summed E-state index contributed by atoms with van der Waals surface area (Å²) in [6.07, 6.45) is 0. The lowest BCUT2D eigenvalue weighted by Crippen LogP contribution is -2.20. The van der Waals surface area contributed by atoms with Gasteiger partial charge in [0.2, 0.25) is 0 Å². The van der Waals surface area contributed by atoms with Crippen LogP contribution in [0.5, 0.6) is 5.75 Å². The van der Waals surface area contributed by atoms with Crippen molar-refractivity contribution in [1.82, 2.24) is 0 Å². The summed E-state index contributed by atoms with van der Waals surface area (Å²) >= 11 is 0. The molecular weight excluding hydrogens is 352 g/mol. The smallest absolute Gasteiger partial charge is 0.342 e. The number of ether oxygens (including phenoxy) is 3. The minimum Gasteiger partial charge on any atom is -0.467 e. The zero-order valence-corrected chi connectivity index (χ0v) is 15.7. The number of hydrogen-bond donors (Lipinski definition) is 0. The van der Waals surface area contributed by atoms with Crippen molar-refractivity contribution in [2.75, 3.05) is 33.0 Å². The third kappa shape index (κ3) is 4.53. The van der Waals surface area contributed by atoms with Crippen LogP contribution in [0.3, 0.4) is 0 Å². The number of nitro groups is 1. The number of carbonyl (C=O) groups is 1. The predicted molar refractivity (Wildman–Crippen MR) is 100 cm³/mol. The van der Waals surface area contributed by atoms with Crippen molar-refractivity contribution in [3.63, 3.8) is 0 Å². The summed E-state index contributed by atoms with van der Waals surface area (Å²) in [4.78, 5) is 25.2. The Morgan fingerprint density at radius 2 is 1.89 bits per heavy atom. The van der Waals surface area contributed by atoms with Crippen molar-refractivity contribution in [2.24, 2.45) is 0 Å². The first kappa shape index (κ1) is 20.2. The zero-order chi connectivity index (χ0) is 20.0.